The van der Waals surface area contributed by atoms with E-state index in [4.69, 9.17) is 11.0 Å². The van der Waals surface area contributed by atoms with Crippen LogP contribution in [0.25, 0.3) is 0 Å². The van der Waals surface area contributed by atoms with E-state index in [-0.39, 0.29) is 17.8 Å². The van der Waals surface area contributed by atoms with Crippen molar-refractivity contribution in [1.82, 2.24) is 0 Å². The van der Waals surface area contributed by atoms with Crippen molar-refractivity contribution in [1.29, 1.82) is 5.26 Å². The molecule has 0 bridgehead atoms. The van der Waals surface area contributed by atoms with Gasteiger partial charge in [-0.05, 0) is 11.6 Å². The Morgan fingerprint density at radius 3 is 2.71 bits per heavy atom. The second-order valence-corrected chi connectivity index (χ2v) is 3.39. The lowest BCUT2D eigenvalue weighted by molar-refractivity contribution is -0.385. The van der Waals surface area contributed by atoms with Gasteiger partial charge in [0.25, 0.3) is 5.69 Å². The molecular weight excluding hydrogens is 250 g/mol. The maximum atomic E-state index is 10.6. The summed E-state index contributed by atoms with van der Waals surface area (Å²) in [5, 5.41) is 19.2. The van der Waals surface area contributed by atoms with Gasteiger partial charge in [-0.2, -0.15) is 5.26 Å². The fourth-order valence-electron chi connectivity index (χ4n) is 1.00. The van der Waals surface area contributed by atoms with Gasteiger partial charge in [0.2, 0.25) is 0 Å². The van der Waals surface area contributed by atoms with Crippen molar-refractivity contribution in [3.8, 4) is 6.07 Å². The van der Waals surface area contributed by atoms with Crippen LogP contribution in [0.2, 0.25) is 0 Å². The van der Waals surface area contributed by atoms with Crippen molar-refractivity contribution < 1.29 is 4.92 Å². The molecular formula is C8H6BrN3O2. The molecule has 6 heteroatoms. The molecule has 1 aromatic rings. The van der Waals surface area contributed by atoms with Gasteiger partial charge in [0, 0.05) is 17.1 Å². The normalized spacial score (nSPS) is 9.50. The minimum Gasteiger partial charge on any atom is -0.326 e. The van der Waals surface area contributed by atoms with E-state index in [1.165, 1.54) is 12.1 Å². The zero-order valence-corrected chi connectivity index (χ0v) is 8.61. The van der Waals surface area contributed by atoms with Gasteiger partial charge < -0.3 is 5.73 Å². The monoisotopic (exact) mass is 255 g/mol. The molecule has 0 atom stereocenters. The van der Waals surface area contributed by atoms with Gasteiger partial charge in [-0.15, -0.1) is 0 Å². The number of benzene rings is 1. The molecule has 14 heavy (non-hydrogen) atoms. The Kier molecular flexibility index (Phi) is 3.17. The van der Waals surface area contributed by atoms with Gasteiger partial charge in [-0.1, -0.05) is 15.9 Å². The average molecular weight is 256 g/mol. The van der Waals surface area contributed by atoms with E-state index in [9.17, 15) is 10.1 Å². The van der Waals surface area contributed by atoms with Crippen molar-refractivity contribution in [2.75, 3.05) is 0 Å². The first-order valence-electron chi connectivity index (χ1n) is 3.67. The lowest BCUT2D eigenvalue weighted by Crippen LogP contribution is -2.00. The van der Waals surface area contributed by atoms with Crippen LogP contribution in [0, 0.1) is 21.4 Å². The van der Waals surface area contributed by atoms with Crippen LogP contribution in [-0.4, -0.2) is 4.92 Å². The molecule has 0 radical (unpaired) electrons. The van der Waals surface area contributed by atoms with Crippen LogP contribution >= 0.6 is 15.9 Å². The Balaban J connectivity index is 3.42. The van der Waals surface area contributed by atoms with Gasteiger partial charge in [0.1, 0.15) is 11.6 Å². The van der Waals surface area contributed by atoms with E-state index in [2.05, 4.69) is 15.9 Å². The lowest BCUT2D eigenvalue weighted by atomic mass is 10.1. The van der Waals surface area contributed by atoms with Gasteiger partial charge in [0.05, 0.1) is 4.92 Å². The smallest absolute Gasteiger partial charge is 0.287 e. The van der Waals surface area contributed by atoms with Crippen LogP contribution in [0.3, 0.4) is 0 Å². The van der Waals surface area contributed by atoms with Crippen LogP contribution in [0.5, 0.6) is 0 Å². The Morgan fingerprint density at radius 1 is 1.64 bits per heavy atom. The molecule has 0 aliphatic carbocycles. The number of nitriles is 1. The molecule has 2 N–H and O–H groups in total. The van der Waals surface area contributed by atoms with Gasteiger partial charge >= 0.3 is 0 Å². The molecule has 1 rings (SSSR count). The minimum absolute atomic E-state index is 0.0269. The molecule has 5 nitrogen and oxygen atoms in total. The molecule has 72 valence electrons. The topological polar surface area (TPSA) is 93.0 Å². The highest BCUT2D eigenvalue weighted by atomic mass is 79.9. The zero-order valence-electron chi connectivity index (χ0n) is 7.03. The molecule has 0 fully saturated rings. The molecule has 0 heterocycles. The molecule has 0 saturated heterocycles. The fraction of sp³-hybridized carbons (Fsp3) is 0.125. The predicted molar refractivity (Wildman–Crippen MR) is 53.4 cm³/mol. The molecule has 0 aliphatic heterocycles. The van der Waals surface area contributed by atoms with E-state index < -0.39 is 4.92 Å². The Hall–Kier alpha value is -1.45. The largest absolute Gasteiger partial charge is 0.326 e. The van der Waals surface area contributed by atoms with Crippen molar-refractivity contribution in [3.63, 3.8) is 0 Å². The van der Waals surface area contributed by atoms with E-state index in [1.54, 1.807) is 6.07 Å². The molecule has 0 aliphatic rings. The molecule has 1 aromatic carbocycles. The fourth-order valence-corrected chi connectivity index (χ4v) is 1.51. The third-order valence-electron chi connectivity index (χ3n) is 1.70. The van der Waals surface area contributed by atoms with Crippen LogP contribution in [-0.2, 0) is 6.54 Å². The summed E-state index contributed by atoms with van der Waals surface area (Å²) in [6, 6.07) is 4.47. The quantitative estimate of drug-likeness (QED) is 0.643. The van der Waals surface area contributed by atoms with Crippen LogP contribution in [0.1, 0.15) is 11.1 Å². The number of nitrogens with zero attached hydrogens (tertiary/aromatic N) is 2. The highest BCUT2D eigenvalue weighted by Crippen LogP contribution is 2.26. The standard InChI is InChI=1S/C8H6BrN3O2/c9-7-1-6(4-11)8(12(13)14)2-5(7)3-10/h1-2H,3,10H2. The number of hydrogen-bond donors (Lipinski definition) is 1. The first-order valence-corrected chi connectivity index (χ1v) is 4.46. The number of nitrogens with two attached hydrogens (primary N) is 1. The SMILES string of the molecule is N#Cc1cc(Br)c(CN)cc1[N+](=O)[O-]. The Labute approximate surface area is 88.4 Å². The number of nitro groups is 1. The summed E-state index contributed by atoms with van der Waals surface area (Å²) < 4.78 is 0.613. The number of hydrogen-bond acceptors (Lipinski definition) is 4. The van der Waals surface area contributed by atoms with Gasteiger partial charge in [-0.25, -0.2) is 0 Å². The van der Waals surface area contributed by atoms with Crippen LogP contribution < -0.4 is 5.73 Å². The van der Waals surface area contributed by atoms with E-state index in [0.717, 1.165) is 0 Å². The summed E-state index contributed by atoms with van der Waals surface area (Å²) in [5.41, 5.74) is 5.80. The van der Waals surface area contributed by atoms with E-state index in [0.29, 0.717) is 10.0 Å². The summed E-state index contributed by atoms with van der Waals surface area (Å²) in [6.45, 7) is 0.188. The van der Waals surface area contributed by atoms with Crippen LogP contribution in [0.4, 0.5) is 5.69 Å². The average Bonchev–Trinajstić information content (AvgIpc) is 2.16. The van der Waals surface area contributed by atoms with Gasteiger partial charge in [-0.3, -0.25) is 10.1 Å². The second kappa shape index (κ2) is 4.17. The van der Waals surface area contributed by atoms with E-state index >= 15 is 0 Å². The molecule has 0 unspecified atom stereocenters. The summed E-state index contributed by atoms with van der Waals surface area (Å²) in [5.74, 6) is 0. The Morgan fingerprint density at radius 2 is 2.29 bits per heavy atom. The summed E-state index contributed by atoms with van der Waals surface area (Å²) in [6.07, 6.45) is 0. The highest BCUT2D eigenvalue weighted by Gasteiger charge is 2.16. The van der Waals surface area contributed by atoms with Crippen LogP contribution in [0.15, 0.2) is 16.6 Å². The predicted octanol–water partition coefficient (Wildman–Crippen LogP) is 1.69. The molecule has 0 amide bonds. The summed E-state index contributed by atoms with van der Waals surface area (Å²) >= 11 is 3.18. The summed E-state index contributed by atoms with van der Waals surface area (Å²) in [4.78, 5) is 9.97. The third kappa shape index (κ3) is 1.89. The lowest BCUT2D eigenvalue weighted by Gasteiger charge is -2.01. The van der Waals surface area contributed by atoms with Crippen molar-refractivity contribution in [2.45, 2.75) is 6.54 Å². The Bertz CT molecular complexity index is 425. The van der Waals surface area contributed by atoms with Crippen molar-refractivity contribution in [3.05, 3.63) is 37.8 Å². The third-order valence-corrected chi connectivity index (χ3v) is 2.44. The van der Waals surface area contributed by atoms with Gasteiger partial charge in [0.15, 0.2) is 0 Å². The first-order chi connectivity index (χ1) is 6.60. The van der Waals surface area contributed by atoms with E-state index in [1.807, 2.05) is 0 Å². The maximum absolute atomic E-state index is 10.6. The zero-order chi connectivity index (χ0) is 10.7. The van der Waals surface area contributed by atoms with Crippen molar-refractivity contribution in [2.24, 2.45) is 5.73 Å². The number of rotatable bonds is 2. The number of nitro benzene ring substituents is 1. The first kappa shape index (κ1) is 10.6. The number of halogens is 1. The molecule has 0 spiro atoms. The maximum Gasteiger partial charge on any atom is 0.287 e. The molecule has 0 aromatic heterocycles. The van der Waals surface area contributed by atoms with Crippen molar-refractivity contribution >= 4 is 21.6 Å². The molecule has 0 saturated carbocycles. The highest BCUT2D eigenvalue weighted by molar-refractivity contribution is 9.10. The summed E-state index contributed by atoms with van der Waals surface area (Å²) in [7, 11) is 0. The second-order valence-electron chi connectivity index (χ2n) is 2.53. The minimum atomic E-state index is -0.593.